The van der Waals surface area contributed by atoms with E-state index >= 15 is 0 Å². The Bertz CT molecular complexity index is 1180. The van der Waals surface area contributed by atoms with Gasteiger partial charge in [-0.15, -0.1) is 11.3 Å². The Morgan fingerprint density at radius 2 is 2.10 bits per heavy atom. The number of likely N-dealkylation sites (N-methyl/N-ethyl adjacent to an activating group) is 1. The van der Waals surface area contributed by atoms with E-state index in [1.165, 1.54) is 41.6 Å². The van der Waals surface area contributed by atoms with Crippen LogP contribution in [0.25, 0.3) is 0 Å². The Morgan fingerprint density at radius 1 is 1.29 bits per heavy atom. The normalized spacial score (nSPS) is 10.5. The molecule has 3 aromatic rings. The first kappa shape index (κ1) is 21.9. The fourth-order valence-corrected chi connectivity index (χ4v) is 3.29. The molecule has 0 saturated carbocycles. The molecular weight excluding hydrogens is 427 g/mol. The molecule has 2 heterocycles. The average Bonchev–Trinajstić information content (AvgIpc) is 3.15. The maximum absolute atomic E-state index is 13.2. The third-order valence-corrected chi connectivity index (χ3v) is 4.98. The number of halogens is 1. The van der Waals surface area contributed by atoms with Gasteiger partial charge in [0, 0.05) is 31.2 Å². The Balaban J connectivity index is 1.51. The van der Waals surface area contributed by atoms with Gasteiger partial charge in [0.1, 0.15) is 12.4 Å². The molecule has 0 saturated heterocycles. The molecule has 3 amide bonds. The van der Waals surface area contributed by atoms with Crippen molar-refractivity contribution >= 4 is 28.4 Å². The number of nitrogens with one attached hydrogen (secondary N) is 3. The van der Waals surface area contributed by atoms with Crippen molar-refractivity contribution in [3.05, 3.63) is 79.8 Å². The van der Waals surface area contributed by atoms with E-state index in [9.17, 15) is 23.6 Å². The maximum Gasteiger partial charge on any atom is 0.328 e. The smallest absolute Gasteiger partial charge is 0.328 e. The summed E-state index contributed by atoms with van der Waals surface area (Å²) in [5, 5.41) is 7.17. The Labute approximate surface area is 179 Å². The van der Waals surface area contributed by atoms with Gasteiger partial charge < -0.3 is 15.2 Å². The van der Waals surface area contributed by atoms with Gasteiger partial charge in [0.15, 0.2) is 5.13 Å². The molecule has 0 unspecified atom stereocenters. The zero-order valence-electron chi connectivity index (χ0n) is 16.4. The molecule has 0 spiro atoms. The lowest BCUT2D eigenvalue weighted by Crippen LogP contribution is -2.40. The van der Waals surface area contributed by atoms with Crippen LogP contribution in [-0.4, -0.2) is 38.4 Å². The highest BCUT2D eigenvalue weighted by molar-refractivity contribution is 7.13. The minimum absolute atomic E-state index is 0.126. The first-order chi connectivity index (χ1) is 14.8. The van der Waals surface area contributed by atoms with E-state index in [2.05, 4.69) is 20.6 Å². The summed E-state index contributed by atoms with van der Waals surface area (Å²) in [6.07, 6.45) is 1.22. The summed E-state index contributed by atoms with van der Waals surface area (Å²) in [5.74, 6) is -0.834. The number of anilines is 1. The zero-order valence-corrected chi connectivity index (χ0v) is 17.2. The van der Waals surface area contributed by atoms with Crippen LogP contribution in [0.5, 0.6) is 0 Å². The SMILES string of the molecule is CN(Cc1csc(NC(=O)NCc2cccc(F)c2)n1)C(=O)Cn1c(=O)cc[nH]c1=O. The van der Waals surface area contributed by atoms with Crippen LogP contribution in [0.15, 0.2) is 51.5 Å². The van der Waals surface area contributed by atoms with E-state index < -0.39 is 29.7 Å². The predicted octanol–water partition coefficient (Wildman–Crippen LogP) is 1.11. The number of hydrogen-bond donors (Lipinski definition) is 3. The van der Waals surface area contributed by atoms with Gasteiger partial charge in [0.25, 0.3) is 5.56 Å². The van der Waals surface area contributed by atoms with Crippen molar-refractivity contribution in [3.8, 4) is 0 Å². The lowest BCUT2D eigenvalue weighted by molar-refractivity contribution is -0.131. The fraction of sp³-hybridized carbons (Fsp3) is 0.211. The fourth-order valence-electron chi connectivity index (χ4n) is 2.60. The summed E-state index contributed by atoms with van der Waals surface area (Å²) in [6, 6.07) is 6.54. The molecule has 0 atom stereocenters. The summed E-state index contributed by atoms with van der Waals surface area (Å²) in [7, 11) is 1.52. The molecule has 0 fully saturated rings. The zero-order chi connectivity index (χ0) is 22.4. The molecule has 10 nitrogen and oxygen atoms in total. The monoisotopic (exact) mass is 446 g/mol. The summed E-state index contributed by atoms with van der Waals surface area (Å²) in [4.78, 5) is 55.6. The summed E-state index contributed by atoms with van der Waals surface area (Å²) < 4.78 is 14.0. The highest BCUT2D eigenvalue weighted by Gasteiger charge is 2.15. The highest BCUT2D eigenvalue weighted by Crippen LogP contribution is 2.16. The predicted molar refractivity (Wildman–Crippen MR) is 112 cm³/mol. The van der Waals surface area contributed by atoms with E-state index in [1.54, 1.807) is 17.5 Å². The van der Waals surface area contributed by atoms with Crippen LogP contribution < -0.4 is 21.9 Å². The molecule has 1 aromatic carbocycles. The third-order valence-electron chi connectivity index (χ3n) is 4.18. The molecule has 0 aliphatic rings. The first-order valence-electron chi connectivity index (χ1n) is 9.08. The minimum atomic E-state index is -0.668. The minimum Gasteiger partial charge on any atom is -0.338 e. The second kappa shape index (κ2) is 9.80. The Hall–Kier alpha value is -3.80. The van der Waals surface area contributed by atoms with E-state index in [0.717, 1.165) is 10.6 Å². The number of thiazole rings is 1. The molecule has 3 rings (SSSR count). The molecule has 2 aromatic heterocycles. The number of H-pyrrole nitrogens is 1. The van der Waals surface area contributed by atoms with Crippen LogP contribution in [0, 0.1) is 5.82 Å². The number of benzene rings is 1. The number of amides is 3. The molecule has 0 radical (unpaired) electrons. The van der Waals surface area contributed by atoms with Crippen molar-refractivity contribution in [2.24, 2.45) is 0 Å². The van der Waals surface area contributed by atoms with Gasteiger partial charge in [-0.2, -0.15) is 0 Å². The number of urea groups is 1. The second-order valence-electron chi connectivity index (χ2n) is 6.54. The van der Waals surface area contributed by atoms with E-state index in [0.29, 0.717) is 16.4 Å². The second-order valence-corrected chi connectivity index (χ2v) is 7.40. The van der Waals surface area contributed by atoms with Crippen LogP contribution in [0.4, 0.5) is 14.3 Å². The molecule has 0 aliphatic heterocycles. The third kappa shape index (κ3) is 6.09. The van der Waals surface area contributed by atoms with Gasteiger partial charge in [0.2, 0.25) is 5.91 Å². The van der Waals surface area contributed by atoms with Crippen LogP contribution in [0.3, 0.4) is 0 Å². The standard InChI is InChI=1S/C19H19FN6O4S/c1-25(16(28)10-26-15(27)5-6-21-19(26)30)9-14-11-31-18(23-14)24-17(29)22-8-12-3-2-4-13(20)7-12/h2-7,11H,8-10H2,1H3,(H,21,30)(H2,22,23,24,29). The van der Waals surface area contributed by atoms with E-state index in [4.69, 9.17) is 0 Å². The lowest BCUT2D eigenvalue weighted by atomic mass is 10.2. The summed E-state index contributed by atoms with van der Waals surface area (Å²) in [6.45, 7) is -0.123. The largest absolute Gasteiger partial charge is 0.338 e. The van der Waals surface area contributed by atoms with E-state index in [-0.39, 0.29) is 18.9 Å². The van der Waals surface area contributed by atoms with Crippen molar-refractivity contribution in [1.82, 2.24) is 24.8 Å². The number of carbonyl (C=O) groups is 2. The number of aromatic amines is 1. The van der Waals surface area contributed by atoms with Gasteiger partial charge in [-0.3, -0.25) is 19.5 Å². The summed E-state index contributed by atoms with van der Waals surface area (Å²) >= 11 is 1.17. The van der Waals surface area contributed by atoms with Crippen LogP contribution >= 0.6 is 11.3 Å². The average molecular weight is 446 g/mol. The van der Waals surface area contributed by atoms with Gasteiger partial charge >= 0.3 is 11.7 Å². The van der Waals surface area contributed by atoms with Gasteiger partial charge in [-0.05, 0) is 17.7 Å². The van der Waals surface area contributed by atoms with Crippen LogP contribution in [-0.2, 0) is 24.4 Å². The number of aromatic nitrogens is 3. The maximum atomic E-state index is 13.2. The van der Waals surface area contributed by atoms with Gasteiger partial charge in [-0.1, -0.05) is 12.1 Å². The molecule has 3 N–H and O–H groups in total. The number of carbonyl (C=O) groups excluding carboxylic acids is 2. The topological polar surface area (TPSA) is 129 Å². The van der Waals surface area contributed by atoms with E-state index in [1.807, 2.05) is 0 Å². The molecule has 0 aliphatic carbocycles. The number of nitrogens with zero attached hydrogens (tertiary/aromatic N) is 3. The molecule has 162 valence electrons. The summed E-state index contributed by atoms with van der Waals surface area (Å²) in [5.41, 5.74) is -0.101. The first-order valence-corrected chi connectivity index (χ1v) is 9.96. The molecule has 31 heavy (non-hydrogen) atoms. The Kier molecular flexibility index (Phi) is 6.92. The number of hydrogen-bond acceptors (Lipinski definition) is 6. The molecular formula is C19H19FN6O4S. The molecule has 12 heteroatoms. The lowest BCUT2D eigenvalue weighted by Gasteiger charge is -2.16. The number of rotatable bonds is 7. The molecule has 0 bridgehead atoms. The Morgan fingerprint density at radius 3 is 2.84 bits per heavy atom. The van der Waals surface area contributed by atoms with Crippen molar-refractivity contribution < 1.29 is 14.0 Å². The highest BCUT2D eigenvalue weighted by atomic mass is 32.1. The van der Waals surface area contributed by atoms with Crippen LogP contribution in [0.2, 0.25) is 0 Å². The van der Waals surface area contributed by atoms with Crippen molar-refractivity contribution in [2.45, 2.75) is 19.6 Å². The van der Waals surface area contributed by atoms with Crippen molar-refractivity contribution in [3.63, 3.8) is 0 Å². The van der Waals surface area contributed by atoms with Gasteiger partial charge in [0.05, 0.1) is 12.2 Å². The van der Waals surface area contributed by atoms with Gasteiger partial charge in [-0.25, -0.2) is 19.0 Å². The van der Waals surface area contributed by atoms with Crippen molar-refractivity contribution in [1.29, 1.82) is 0 Å². The van der Waals surface area contributed by atoms with Crippen LogP contribution in [0.1, 0.15) is 11.3 Å². The quantitative estimate of drug-likeness (QED) is 0.501. The van der Waals surface area contributed by atoms with Crippen molar-refractivity contribution in [2.75, 3.05) is 12.4 Å².